The maximum Gasteiger partial charge on any atom is 0.251 e. The summed E-state index contributed by atoms with van der Waals surface area (Å²) < 4.78 is 0. The molecule has 1 saturated carbocycles. The summed E-state index contributed by atoms with van der Waals surface area (Å²) in [6, 6.07) is 20.0. The highest BCUT2D eigenvalue weighted by atomic mass is 35.5. The van der Waals surface area contributed by atoms with E-state index in [-0.39, 0.29) is 18.3 Å². The smallest absolute Gasteiger partial charge is 0.251 e. The Morgan fingerprint density at radius 3 is 2.59 bits per heavy atom. The molecule has 3 aromatic carbocycles. The van der Waals surface area contributed by atoms with E-state index in [1.807, 2.05) is 48.5 Å². The molecule has 0 heterocycles. The van der Waals surface area contributed by atoms with Crippen LogP contribution in [-0.2, 0) is 0 Å². The minimum Gasteiger partial charge on any atom is -0.352 e. The second kappa shape index (κ2) is 12.8. The number of hydrogen-bond donors (Lipinski definition) is 1. The van der Waals surface area contributed by atoms with Crippen molar-refractivity contribution in [2.75, 3.05) is 26.2 Å². The third-order valence-corrected chi connectivity index (χ3v) is 7.37. The van der Waals surface area contributed by atoms with Crippen molar-refractivity contribution in [2.24, 2.45) is 5.92 Å². The van der Waals surface area contributed by atoms with Crippen LogP contribution in [0, 0.1) is 5.92 Å². The molecular formula is C28H33Cl3N2O. The van der Waals surface area contributed by atoms with Crippen LogP contribution in [0.3, 0.4) is 0 Å². The summed E-state index contributed by atoms with van der Waals surface area (Å²) in [7, 11) is 0. The zero-order valence-electron chi connectivity index (χ0n) is 19.6. The topological polar surface area (TPSA) is 32.3 Å². The van der Waals surface area contributed by atoms with E-state index in [4.69, 9.17) is 23.2 Å². The number of carbonyl (C=O) groups is 1. The molecule has 1 fully saturated rings. The fourth-order valence-electron chi connectivity index (χ4n) is 4.67. The lowest BCUT2D eigenvalue weighted by atomic mass is 10.1. The third kappa shape index (κ3) is 6.88. The Bertz CT molecular complexity index is 1100. The molecule has 3 aromatic rings. The van der Waals surface area contributed by atoms with Gasteiger partial charge >= 0.3 is 0 Å². The fraction of sp³-hybridized carbons (Fsp3) is 0.393. The quantitative estimate of drug-likeness (QED) is 0.265. The van der Waals surface area contributed by atoms with Crippen LogP contribution in [-0.4, -0.2) is 37.0 Å². The molecule has 0 aromatic heterocycles. The molecule has 4 rings (SSSR count). The van der Waals surface area contributed by atoms with E-state index in [9.17, 15) is 4.79 Å². The monoisotopic (exact) mass is 518 g/mol. The van der Waals surface area contributed by atoms with E-state index >= 15 is 0 Å². The third-order valence-electron chi connectivity index (χ3n) is 6.53. The van der Waals surface area contributed by atoms with Crippen molar-refractivity contribution >= 4 is 52.3 Å². The number of unbranched alkanes of at least 4 members (excludes halogenated alkanes) is 1. The molecule has 0 spiro atoms. The molecule has 182 valence electrons. The number of fused-ring (bicyclic) bond motifs is 1. The maximum atomic E-state index is 12.5. The number of hydrogen-bond acceptors (Lipinski definition) is 2. The lowest BCUT2D eigenvalue weighted by Crippen LogP contribution is -2.29. The fourth-order valence-corrected chi connectivity index (χ4v) is 5.12. The number of nitrogens with one attached hydrogen (secondary N) is 1. The van der Waals surface area contributed by atoms with Crippen LogP contribution in [0.5, 0.6) is 0 Å². The van der Waals surface area contributed by atoms with Gasteiger partial charge in [-0.15, -0.1) is 12.4 Å². The van der Waals surface area contributed by atoms with E-state index < -0.39 is 0 Å². The first-order valence-corrected chi connectivity index (χ1v) is 12.8. The van der Waals surface area contributed by atoms with Gasteiger partial charge in [0, 0.05) is 18.7 Å². The molecule has 34 heavy (non-hydrogen) atoms. The largest absolute Gasteiger partial charge is 0.352 e. The highest BCUT2D eigenvalue weighted by molar-refractivity contribution is 6.42. The lowest BCUT2D eigenvalue weighted by molar-refractivity contribution is 0.0952. The number of benzene rings is 3. The van der Waals surface area contributed by atoms with Crippen molar-refractivity contribution in [3.63, 3.8) is 0 Å². The molecule has 0 saturated heterocycles. The molecule has 1 aliphatic rings. The molecule has 2 atom stereocenters. The average Bonchev–Trinajstić information content (AvgIpc) is 3.59. The van der Waals surface area contributed by atoms with E-state index in [1.54, 1.807) is 0 Å². The van der Waals surface area contributed by atoms with Crippen LogP contribution < -0.4 is 5.32 Å². The van der Waals surface area contributed by atoms with E-state index in [2.05, 4.69) is 29.3 Å². The zero-order valence-corrected chi connectivity index (χ0v) is 21.9. The Labute approximate surface area is 219 Å². The average molecular weight is 520 g/mol. The molecule has 0 unspecified atom stereocenters. The lowest BCUT2D eigenvalue weighted by Gasteiger charge is -2.22. The summed E-state index contributed by atoms with van der Waals surface area (Å²) in [5.74, 6) is 1.18. The predicted octanol–water partition coefficient (Wildman–Crippen LogP) is 7.59. The Morgan fingerprint density at radius 2 is 1.79 bits per heavy atom. The molecule has 0 bridgehead atoms. The van der Waals surface area contributed by atoms with Gasteiger partial charge in [-0.2, -0.15) is 0 Å². The van der Waals surface area contributed by atoms with Crippen LogP contribution in [0.4, 0.5) is 0 Å². The number of nitrogens with zero attached hydrogens (tertiary/aromatic N) is 1. The summed E-state index contributed by atoms with van der Waals surface area (Å²) >= 11 is 12.6. The summed E-state index contributed by atoms with van der Waals surface area (Å²) in [5.41, 5.74) is 1.92. The first kappa shape index (κ1) is 26.8. The van der Waals surface area contributed by atoms with Crippen LogP contribution >= 0.6 is 35.6 Å². The Morgan fingerprint density at radius 1 is 1.00 bits per heavy atom. The van der Waals surface area contributed by atoms with Crippen molar-refractivity contribution in [1.29, 1.82) is 0 Å². The van der Waals surface area contributed by atoms with Gasteiger partial charge in [0.05, 0.1) is 10.0 Å². The Kier molecular flexibility index (Phi) is 10.1. The van der Waals surface area contributed by atoms with Gasteiger partial charge in [-0.1, -0.05) is 72.6 Å². The van der Waals surface area contributed by atoms with Gasteiger partial charge in [0.25, 0.3) is 5.91 Å². The molecule has 1 amide bonds. The van der Waals surface area contributed by atoms with Gasteiger partial charge in [-0.25, -0.2) is 0 Å². The zero-order chi connectivity index (χ0) is 23.2. The second-order valence-corrected chi connectivity index (χ2v) is 9.86. The van der Waals surface area contributed by atoms with Gasteiger partial charge in [0.15, 0.2) is 0 Å². The predicted molar refractivity (Wildman–Crippen MR) is 147 cm³/mol. The number of carbonyl (C=O) groups excluding carboxylic acids is 1. The second-order valence-electron chi connectivity index (χ2n) is 9.07. The van der Waals surface area contributed by atoms with Crippen molar-refractivity contribution in [2.45, 2.75) is 38.5 Å². The molecule has 1 N–H and O–H groups in total. The normalized spacial score (nSPS) is 16.9. The molecule has 0 radical (unpaired) electrons. The standard InChI is InChI=1S/C28H32Cl2N2O.ClH/c1-2-15-32(19-23-18-25(23)24-10-7-11-26(29)27(24)30)16-6-5-14-31-28(33)22-13-12-20-8-3-4-9-21(20)17-22;/h3-4,7-13,17,23,25H,2,5-6,14-16,18-19H2,1H3,(H,31,33);1H/t23-,25+;/m0./s1. The van der Waals surface area contributed by atoms with E-state index in [1.165, 1.54) is 12.0 Å². The van der Waals surface area contributed by atoms with Gasteiger partial charge in [-0.3, -0.25) is 4.79 Å². The molecular weight excluding hydrogens is 487 g/mol. The van der Waals surface area contributed by atoms with E-state index in [0.29, 0.717) is 23.4 Å². The molecule has 1 aliphatic carbocycles. The Balaban J connectivity index is 0.00000324. The van der Waals surface area contributed by atoms with Gasteiger partial charge in [0.2, 0.25) is 0 Å². The highest BCUT2D eigenvalue weighted by Gasteiger charge is 2.40. The summed E-state index contributed by atoms with van der Waals surface area (Å²) in [6.45, 7) is 6.21. The SMILES string of the molecule is CCCN(CCCCNC(=O)c1ccc2ccccc2c1)C[C@@H]1C[C@H]1c1cccc(Cl)c1Cl.Cl. The van der Waals surface area contributed by atoms with Gasteiger partial charge in [0.1, 0.15) is 0 Å². The Hall–Kier alpha value is -1.78. The number of rotatable bonds is 11. The van der Waals surface area contributed by atoms with Gasteiger partial charge in [-0.05, 0) is 85.1 Å². The maximum absolute atomic E-state index is 12.5. The number of amides is 1. The van der Waals surface area contributed by atoms with Crippen molar-refractivity contribution in [3.8, 4) is 0 Å². The summed E-state index contributed by atoms with van der Waals surface area (Å²) in [4.78, 5) is 15.1. The first-order chi connectivity index (χ1) is 16.1. The van der Waals surface area contributed by atoms with Gasteiger partial charge < -0.3 is 10.2 Å². The number of halogens is 3. The van der Waals surface area contributed by atoms with E-state index in [0.717, 1.165) is 60.3 Å². The van der Waals surface area contributed by atoms with Crippen LogP contribution in [0.15, 0.2) is 60.7 Å². The van der Waals surface area contributed by atoms with Crippen molar-refractivity contribution in [1.82, 2.24) is 10.2 Å². The first-order valence-electron chi connectivity index (χ1n) is 12.0. The highest BCUT2D eigenvalue weighted by Crippen LogP contribution is 2.50. The summed E-state index contributed by atoms with van der Waals surface area (Å²) in [6.07, 6.45) is 4.39. The van der Waals surface area contributed by atoms with Crippen LogP contribution in [0.2, 0.25) is 10.0 Å². The summed E-state index contributed by atoms with van der Waals surface area (Å²) in [5, 5.41) is 6.69. The molecule has 3 nitrogen and oxygen atoms in total. The van der Waals surface area contributed by atoms with Crippen molar-refractivity contribution in [3.05, 3.63) is 81.8 Å². The van der Waals surface area contributed by atoms with Crippen LogP contribution in [0.25, 0.3) is 10.8 Å². The minimum atomic E-state index is 0. The van der Waals surface area contributed by atoms with Crippen molar-refractivity contribution < 1.29 is 4.79 Å². The van der Waals surface area contributed by atoms with Crippen LogP contribution in [0.1, 0.15) is 54.4 Å². The molecule has 0 aliphatic heterocycles. The minimum absolute atomic E-state index is 0. The molecule has 6 heteroatoms.